The van der Waals surface area contributed by atoms with Crippen LogP contribution in [-0.2, 0) is 4.79 Å². The molecule has 33 heavy (non-hydrogen) atoms. The number of pyridine rings is 1. The van der Waals surface area contributed by atoms with Crippen LogP contribution in [0.25, 0.3) is 5.69 Å². The molecule has 9 heteroatoms. The molecule has 1 aromatic carbocycles. The lowest BCUT2D eigenvalue weighted by Crippen LogP contribution is -2.26. The van der Waals surface area contributed by atoms with E-state index in [-0.39, 0.29) is 28.8 Å². The highest BCUT2D eigenvalue weighted by Gasteiger charge is 2.24. The van der Waals surface area contributed by atoms with Crippen LogP contribution < -0.4 is 16.0 Å². The largest absolute Gasteiger partial charge is 0.490 e. The van der Waals surface area contributed by atoms with Gasteiger partial charge in [-0.3, -0.25) is 19.0 Å². The second-order valence-electron chi connectivity index (χ2n) is 7.53. The number of nitrogens with two attached hydrogens (primary N) is 1. The molecule has 1 aliphatic rings. The van der Waals surface area contributed by atoms with Crippen molar-refractivity contribution >= 4 is 17.4 Å². The molecule has 0 unspecified atom stereocenters. The third-order valence-electron chi connectivity index (χ3n) is 5.34. The number of aromatic nitrogens is 1. The average molecular weight is 460 g/mol. The standard InChI is InChI=1S/C24H23F3N2O4/c1-2-14(4-3-11-25)23(32)18-9-10-21(31)29(24(18)28)22-19(26)12-17(13-20(22)27)33-16-7-5-15(30)6-8-16/h2-4,9-10,12-13,16H,5-8,11,28H2,1H3/b4-3-,14-2+. The van der Waals surface area contributed by atoms with E-state index in [1.807, 2.05) is 0 Å². The number of halogens is 3. The molecular weight excluding hydrogens is 437 g/mol. The summed E-state index contributed by atoms with van der Waals surface area (Å²) in [5.74, 6) is -3.29. The number of allylic oxidation sites excluding steroid dienone is 4. The predicted molar refractivity (Wildman–Crippen MR) is 117 cm³/mol. The molecule has 174 valence electrons. The number of benzene rings is 1. The summed E-state index contributed by atoms with van der Waals surface area (Å²) in [5.41, 5.74) is 4.33. The lowest BCUT2D eigenvalue weighted by atomic mass is 9.96. The zero-order valence-electron chi connectivity index (χ0n) is 17.9. The summed E-state index contributed by atoms with van der Waals surface area (Å²) in [5, 5.41) is 0. The minimum absolute atomic E-state index is 0.0838. The van der Waals surface area contributed by atoms with E-state index in [1.54, 1.807) is 6.92 Å². The number of carbonyl (C=O) groups is 2. The van der Waals surface area contributed by atoms with Gasteiger partial charge in [0.15, 0.2) is 17.4 Å². The van der Waals surface area contributed by atoms with E-state index in [4.69, 9.17) is 10.5 Å². The Balaban J connectivity index is 2.00. The van der Waals surface area contributed by atoms with Crippen molar-refractivity contribution in [3.05, 3.63) is 75.6 Å². The first kappa shape index (κ1) is 24.0. The Kier molecular flexibility index (Phi) is 7.52. The summed E-state index contributed by atoms with van der Waals surface area (Å²) >= 11 is 0. The number of nitrogens with zero attached hydrogens (tertiary/aromatic N) is 1. The van der Waals surface area contributed by atoms with Crippen molar-refractivity contribution in [2.45, 2.75) is 38.7 Å². The maximum Gasteiger partial charge on any atom is 0.256 e. The molecule has 1 fully saturated rings. The zero-order valence-corrected chi connectivity index (χ0v) is 17.9. The van der Waals surface area contributed by atoms with E-state index in [1.165, 1.54) is 12.2 Å². The van der Waals surface area contributed by atoms with Crippen molar-refractivity contribution in [1.29, 1.82) is 0 Å². The number of Topliss-reactive ketones (excluding diaryl/α,β-unsaturated/α-hetero) is 2. The number of hydrogen-bond acceptors (Lipinski definition) is 5. The molecule has 3 rings (SSSR count). The summed E-state index contributed by atoms with van der Waals surface area (Å²) < 4.78 is 48.6. The molecule has 1 aliphatic carbocycles. The molecule has 0 spiro atoms. The number of ether oxygens (including phenoxy) is 1. The molecule has 0 amide bonds. The van der Waals surface area contributed by atoms with Gasteiger partial charge in [-0.05, 0) is 25.8 Å². The normalized spacial score (nSPS) is 15.3. The predicted octanol–water partition coefficient (Wildman–Crippen LogP) is 4.24. The summed E-state index contributed by atoms with van der Waals surface area (Å²) in [7, 11) is 0. The SMILES string of the molecule is C/C=C(\C=C/CF)C(=O)c1ccc(=O)n(-c2c(F)cc(OC3CCC(=O)CC3)cc2F)c1N. The van der Waals surface area contributed by atoms with Crippen molar-refractivity contribution < 1.29 is 27.5 Å². The maximum absolute atomic E-state index is 15.0. The van der Waals surface area contributed by atoms with Crippen LogP contribution in [0.2, 0.25) is 0 Å². The Labute approximate surface area is 188 Å². The van der Waals surface area contributed by atoms with Gasteiger partial charge in [-0.15, -0.1) is 0 Å². The summed E-state index contributed by atoms with van der Waals surface area (Å²) in [6, 6.07) is 3.98. The van der Waals surface area contributed by atoms with Crippen molar-refractivity contribution in [3.63, 3.8) is 0 Å². The third kappa shape index (κ3) is 5.24. The van der Waals surface area contributed by atoms with Crippen LogP contribution in [-0.4, -0.2) is 28.9 Å². The van der Waals surface area contributed by atoms with Gasteiger partial charge < -0.3 is 10.5 Å². The number of alkyl halides is 1. The monoisotopic (exact) mass is 460 g/mol. The fourth-order valence-corrected chi connectivity index (χ4v) is 3.65. The molecule has 2 aromatic rings. The van der Waals surface area contributed by atoms with Crippen molar-refractivity contribution in [3.8, 4) is 11.4 Å². The van der Waals surface area contributed by atoms with Gasteiger partial charge in [-0.2, -0.15) is 0 Å². The van der Waals surface area contributed by atoms with Crippen LogP contribution in [0.3, 0.4) is 0 Å². The molecule has 1 saturated carbocycles. The number of rotatable bonds is 7. The molecule has 0 bridgehead atoms. The molecule has 1 aromatic heterocycles. The lowest BCUT2D eigenvalue weighted by molar-refractivity contribution is -0.121. The Morgan fingerprint density at radius 3 is 2.39 bits per heavy atom. The topological polar surface area (TPSA) is 91.4 Å². The molecule has 0 atom stereocenters. The van der Waals surface area contributed by atoms with Crippen LogP contribution in [0.4, 0.5) is 19.0 Å². The Hall–Kier alpha value is -3.62. The van der Waals surface area contributed by atoms with Gasteiger partial charge in [0.2, 0.25) is 0 Å². The zero-order chi connectivity index (χ0) is 24.1. The van der Waals surface area contributed by atoms with E-state index in [0.29, 0.717) is 30.3 Å². The van der Waals surface area contributed by atoms with E-state index in [9.17, 15) is 27.6 Å². The first-order valence-corrected chi connectivity index (χ1v) is 10.4. The van der Waals surface area contributed by atoms with Crippen molar-refractivity contribution in [2.24, 2.45) is 0 Å². The quantitative estimate of drug-likeness (QED) is 0.379. The van der Waals surface area contributed by atoms with Crippen LogP contribution in [0.15, 0.2) is 52.9 Å². The summed E-state index contributed by atoms with van der Waals surface area (Å²) in [6.07, 6.45) is 5.04. The van der Waals surface area contributed by atoms with Crippen molar-refractivity contribution in [1.82, 2.24) is 4.57 Å². The summed E-state index contributed by atoms with van der Waals surface area (Å²) in [6.45, 7) is 0.768. The third-order valence-corrected chi connectivity index (χ3v) is 5.34. The van der Waals surface area contributed by atoms with Gasteiger partial charge in [0.1, 0.15) is 29.7 Å². The summed E-state index contributed by atoms with van der Waals surface area (Å²) in [4.78, 5) is 36.6. The second-order valence-corrected chi connectivity index (χ2v) is 7.53. The fourth-order valence-electron chi connectivity index (χ4n) is 3.65. The highest BCUT2D eigenvalue weighted by atomic mass is 19.1. The number of carbonyl (C=O) groups excluding carboxylic acids is 2. The van der Waals surface area contributed by atoms with Gasteiger partial charge in [0, 0.05) is 36.6 Å². The minimum atomic E-state index is -1.11. The minimum Gasteiger partial charge on any atom is -0.490 e. The van der Waals surface area contributed by atoms with E-state index < -0.39 is 41.2 Å². The molecule has 0 saturated heterocycles. The molecule has 0 radical (unpaired) electrons. The molecular formula is C24H23F3N2O4. The fraction of sp³-hybridized carbons (Fsp3) is 0.292. The van der Waals surface area contributed by atoms with Gasteiger partial charge >= 0.3 is 0 Å². The van der Waals surface area contributed by atoms with Crippen LogP contribution in [0, 0.1) is 11.6 Å². The van der Waals surface area contributed by atoms with Gasteiger partial charge in [-0.1, -0.05) is 18.2 Å². The Morgan fingerprint density at radius 2 is 1.82 bits per heavy atom. The first-order valence-electron chi connectivity index (χ1n) is 10.4. The second kappa shape index (κ2) is 10.3. The molecule has 0 aliphatic heterocycles. The highest BCUT2D eigenvalue weighted by Crippen LogP contribution is 2.29. The van der Waals surface area contributed by atoms with Gasteiger partial charge in [-0.25, -0.2) is 13.2 Å². The lowest BCUT2D eigenvalue weighted by Gasteiger charge is -2.23. The van der Waals surface area contributed by atoms with Gasteiger partial charge in [0.25, 0.3) is 5.56 Å². The Bertz CT molecular complexity index is 1170. The first-order chi connectivity index (χ1) is 15.8. The van der Waals surface area contributed by atoms with E-state index in [2.05, 4.69) is 0 Å². The average Bonchev–Trinajstić information content (AvgIpc) is 2.77. The van der Waals surface area contributed by atoms with Gasteiger partial charge in [0.05, 0.1) is 11.7 Å². The van der Waals surface area contributed by atoms with Crippen LogP contribution >= 0.6 is 0 Å². The Morgan fingerprint density at radius 1 is 1.18 bits per heavy atom. The van der Waals surface area contributed by atoms with Crippen LogP contribution in [0.1, 0.15) is 43.0 Å². The van der Waals surface area contributed by atoms with E-state index in [0.717, 1.165) is 30.3 Å². The number of ketones is 2. The van der Waals surface area contributed by atoms with E-state index >= 15 is 0 Å². The number of nitrogen functional groups attached to an aromatic ring is 1. The number of hydrogen-bond donors (Lipinski definition) is 1. The smallest absolute Gasteiger partial charge is 0.256 e. The highest BCUT2D eigenvalue weighted by molar-refractivity contribution is 6.13. The van der Waals surface area contributed by atoms with Crippen LogP contribution in [0.5, 0.6) is 5.75 Å². The van der Waals surface area contributed by atoms with Crippen molar-refractivity contribution in [2.75, 3.05) is 12.4 Å². The molecule has 2 N–H and O–H groups in total. The maximum atomic E-state index is 15.0. The molecule has 6 nitrogen and oxygen atoms in total. The molecule has 1 heterocycles. The number of anilines is 1.